The van der Waals surface area contributed by atoms with Crippen LogP contribution in [-0.2, 0) is 20.5 Å². The number of anilines is 1. The summed E-state index contributed by atoms with van der Waals surface area (Å²) in [5, 5.41) is 13.7. The lowest BCUT2D eigenvalue weighted by Gasteiger charge is -2.37. The number of pyridine rings is 1. The smallest absolute Gasteiger partial charge is 0.416 e. The number of rotatable bonds is 8. The van der Waals surface area contributed by atoms with E-state index in [9.17, 15) is 27.9 Å². The number of alkyl halides is 3. The van der Waals surface area contributed by atoms with Crippen molar-refractivity contribution in [3.05, 3.63) is 53.6 Å². The highest BCUT2D eigenvalue weighted by molar-refractivity contribution is 5.87. The SMILES string of the molecule is COc1cc(C(F)(F)F)cc(NC2C(c3ccccc3)N(C(=O)C3CCCCC3)C(C(=O)O)C2C(C)(C)OC)n1. The number of nitrogens with zero attached hydrogens (tertiary/aromatic N) is 2. The van der Waals surface area contributed by atoms with Gasteiger partial charge in [0.25, 0.3) is 0 Å². The highest BCUT2D eigenvalue weighted by atomic mass is 19.4. The second kappa shape index (κ2) is 11.6. The number of likely N-dealkylation sites (tertiary alicyclic amines) is 1. The number of hydrogen-bond donors (Lipinski definition) is 2. The van der Waals surface area contributed by atoms with Crippen molar-refractivity contribution in [1.29, 1.82) is 0 Å². The van der Waals surface area contributed by atoms with E-state index >= 15 is 0 Å². The molecule has 40 heavy (non-hydrogen) atoms. The maximum Gasteiger partial charge on any atom is 0.416 e. The second-order valence-electron chi connectivity index (χ2n) is 11.0. The minimum Gasteiger partial charge on any atom is -0.481 e. The average molecular weight is 564 g/mol. The third kappa shape index (κ3) is 5.89. The van der Waals surface area contributed by atoms with Crippen molar-refractivity contribution >= 4 is 17.7 Å². The lowest BCUT2D eigenvalue weighted by Crippen LogP contribution is -2.52. The number of carbonyl (C=O) groups is 2. The van der Waals surface area contributed by atoms with Crippen LogP contribution in [0.1, 0.15) is 63.1 Å². The fraction of sp³-hybridized carbons (Fsp3) is 0.552. The Kier molecular flexibility index (Phi) is 8.63. The molecule has 1 aromatic heterocycles. The fourth-order valence-corrected chi connectivity index (χ4v) is 6.17. The highest BCUT2D eigenvalue weighted by Crippen LogP contribution is 2.49. The molecule has 218 valence electrons. The van der Waals surface area contributed by atoms with Crippen molar-refractivity contribution in [2.75, 3.05) is 19.5 Å². The van der Waals surface area contributed by atoms with Crippen LogP contribution >= 0.6 is 0 Å². The van der Waals surface area contributed by atoms with Crippen molar-refractivity contribution in [1.82, 2.24) is 9.88 Å². The number of carbonyl (C=O) groups excluding carboxylic acids is 1. The highest BCUT2D eigenvalue weighted by Gasteiger charge is 2.60. The molecule has 0 spiro atoms. The van der Waals surface area contributed by atoms with Gasteiger partial charge in [-0.05, 0) is 38.3 Å². The first-order valence-electron chi connectivity index (χ1n) is 13.4. The van der Waals surface area contributed by atoms with E-state index in [1.165, 1.54) is 19.1 Å². The Bertz CT molecular complexity index is 1200. The molecule has 1 saturated heterocycles. The van der Waals surface area contributed by atoms with E-state index in [1.54, 1.807) is 44.2 Å². The quantitative estimate of drug-likeness (QED) is 0.435. The summed E-state index contributed by atoms with van der Waals surface area (Å²) >= 11 is 0. The summed E-state index contributed by atoms with van der Waals surface area (Å²) in [5.74, 6) is -3.07. The zero-order chi connectivity index (χ0) is 29.2. The molecule has 1 aromatic carbocycles. The lowest BCUT2D eigenvalue weighted by atomic mass is 9.79. The van der Waals surface area contributed by atoms with Gasteiger partial charge in [-0.2, -0.15) is 18.2 Å². The van der Waals surface area contributed by atoms with Gasteiger partial charge in [-0.15, -0.1) is 0 Å². The maximum atomic E-state index is 14.2. The van der Waals surface area contributed by atoms with Gasteiger partial charge < -0.3 is 24.8 Å². The minimum atomic E-state index is -4.67. The zero-order valence-corrected chi connectivity index (χ0v) is 23.1. The van der Waals surface area contributed by atoms with Gasteiger partial charge in [0.2, 0.25) is 11.8 Å². The normalized spacial score (nSPS) is 24.1. The zero-order valence-electron chi connectivity index (χ0n) is 23.1. The molecule has 1 aliphatic heterocycles. The standard InChI is InChI=1S/C29H36F3N3O5/c1-28(2,40-4)22-23(34-20-15-19(29(30,31)32)16-21(33-20)39-3)24(17-11-7-5-8-12-17)35(25(22)27(37)38)26(36)18-13-9-6-10-14-18/h5,7-8,11-12,15-16,18,22-25H,6,9-10,13-14H2,1-4H3,(H,33,34)(H,37,38). The summed E-state index contributed by atoms with van der Waals surface area (Å²) in [6.45, 7) is 3.44. The molecule has 2 aliphatic rings. The predicted molar refractivity (Wildman–Crippen MR) is 142 cm³/mol. The Morgan fingerprint density at radius 1 is 1.05 bits per heavy atom. The first-order valence-corrected chi connectivity index (χ1v) is 13.4. The van der Waals surface area contributed by atoms with Gasteiger partial charge in [-0.25, -0.2) is 4.79 Å². The van der Waals surface area contributed by atoms with Gasteiger partial charge in [0.15, 0.2) is 0 Å². The van der Waals surface area contributed by atoms with Crippen molar-refractivity contribution in [2.24, 2.45) is 11.8 Å². The van der Waals surface area contributed by atoms with Gasteiger partial charge >= 0.3 is 12.1 Å². The second-order valence-corrected chi connectivity index (χ2v) is 11.0. The molecule has 1 aliphatic carbocycles. The molecule has 4 atom stereocenters. The van der Waals surface area contributed by atoms with E-state index in [4.69, 9.17) is 9.47 Å². The van der Waals surface area contributed by atoms with Crippen LogP contribution in [0.2, 0.25) is 0 Å². The first kappa shape index (κ1) is 29.6. The number of aromatic nitrogens is 1. The molecule has 2 heterocycles. The van der Waals surface area contributed by atoms with Crippen LogP contribution in [0.4, 0.5) is 19.0 Å². The number of carboxylic acids is 1. The molecular formula is C29H36F3N3O5. The number of aliphatic carboxylic acids is 1. The summed E-state index contributed by atoms with van der Waals surface area (Å²) in [5.41, 5.74) is -1.41. The Labute approximate surface area is 231 Å². The number of amides is 1. The predicted octanol–water partition coefficient (Wildman–Crippen LogP) is 5.55. The van der Waals surface area contributed by atoms with Crippen molar-refractivity contribution in [3.63, 3.8) is 0 Å². The first-order chi connectivity index (χ1) is 18.9. The fourth-order valence-electron chi connectivity index (χ4n) is 6.17. The van der Waals surface area contributed by atoms with Crippen LogP contribution in [0.3, 0.4) is 0 Å². The summed E-state index contributed by atoms with van der Waals surface area (Å²) in [4.78, 5) is 32.8. The molecule has 2 fully saturated rings. The van der Waals surface area contributed by atoms with Crippen LogP contribution in [0.25, 0.3) is 0 Å². The van der Waals surface area contributed by atoms with Gasteiger partial charge in [0, 0.05) is 25.0 Å². The molecule has 1 amide bonds. The summed E-state index contributed by atoms with van der Waals surface area (Å²) in [7, 11) is 2.67. The number of methoxy groups -OCH3 is 2. The van der Waals surface area contributed by atoms with Crippen LogP contribution in [-0.4, -0.2) is 58.8 Å². The van der Waals surface area contributed by atoms with Crippen molar-refractivity contribution in [2.45, 2.75) is 75.9 Å². The molecular weight excluding hydrogens is 527 g/mol. The number of carboxylic acid groups (broad SMARTS) is 1. The van der Waals surface area contributed by atoms with Gasteiger partial charge in [-0.3, -0.25) is 4.79 Å². The molecule has 4 rings (SSSR count). The molecule has 2 aromatic rings. The van der Waals surface area contributed by atoms with E-state index in [1.807, 2.05) is 0 Å². The number of halogens is 3. The third-order valence-electron chi connectivity index (χ3n) is 8.25. The molecule has 4 unspecified atom stereocenters. The van der Waals surface area contributed by atoms with Crippen LogP contribution in [0.5, 0.6) is 5.88 Å². The molecule has 11 heteroatoms. The van der Waals surface area contributed by atoms with Crippen molar-refractivity contribution < 1.29 is 37.3 Å². The number of benzene rings is 1. The molecule has 0 radical (unpaired) electrons. The molecule has 0 bridgehead atoms. The number of hydrogen-bond acceptors (Lipinski definition) is 6. The van der Waals surface area contributed by atoms with Crippen LogP contribution < -0.4 is 10.1 Å². The van der Waals surface area contributed by atoms with Crippen molar-refractivity contribution in [3.8, 4) is 5.88 Å². The summed E-state index contributed by atoms with van der Waals surface area (Å²) < 4.78 is 52.0. The van der Waals surface area contributed by atoms with Crippen LogP contribution in [0, 0.1) is 11.8 Å². The van der Waals surface area contributed by atoms with E-state index in [0.717, 1.165) is 31.4 Å². The largest absolute Gasteiger partial charge is 0.481 e. The van der Waals surface area contributed by atoms with E-state index in [2.05, 4.69) is 10.3 Å². The Hall–Kier alpha value is -3.34. The minimum absolute atomic E-state index is 0.148. The summed E-state index contributed by atoms with van der Waals surface area (Å²) in [6, 6.07) is 7.62. The Balaban J connectivity index is 1.91. The Morgan fingerprint density at radius 2 is 1.70 bits per heavy atom. The lowest BCUT2D eigenvalue weighted by molar-refractivity contribution is -0.156. The molecule has 8 nitrogen and oxygen atoms in total. The van der Waals surface area contributed by atoms with Gasteiger partial charge in [0.05, 0.1) is 30.4 Å². The van der Waals surface area contributed by atoms with E-state index < -0.39 is 47.4 Å². The number of ether oxygens (including phenoxy) is 2. The van der Waals surface area contributed by atoms with Gasteiger partial charge in [-0.1, -0.05) is 49.6 Å². The van der Waals surface area contributed by atoms with E-state index in [0.29, 0.717) is 18.4 Å². The monoisotopic (exact) mass is 563 g/mol. The third-order valence-corrected chi connectivity index (χ3v) is 8.25. The number of nitrogens with one attached hydrogen (secondary N) is 1. The van der Waals surface area contributed by atoms with Crippen LogP contribution in [0.15, 0.2) is 42.5 Å². The van der Waals surface area contributed by atoms with Gasteiger partial charge in [0.1, 0.15) is 11.9 Å². The molecule has 2 N–H and O–H groups in total. The average Bonchev–Trinajstić information content (AvgIpc) is 3.28. The topological polar surface area (TPSA) is 101 Å². The summed E-state index contributed by atoms with van der Waals surface area (Å²) in [6.07, 6.45) is -0.584. The van der Waals surface area contributed by atoms with E-state index in [-0.39, 0.29) is 23.5 Å². The maximum absolute atomic E-state index is 14.2. The Morgan fingerprint density at radius 3 is 2.25 bits per heavy atom. The molecule has 1 saturated carbocycles.